The van der Waals surface area contributed by atoms with Crippen LogP contribution in [0, 0.1) is 12.7 Å². The van der Waals surface area contributed by atoms with Gasteiger partial charge in [0.15, 0.2) is 11.6 Å². The molecule has 94 valence electrons. The van der Waals surface area contributed by atoms with Crippen molar-refractivity contribution in [3.05, 3.63) is 59.4 Å². The Labute approximate surface area is 106 Å². The standard InChI is InChI=1S/C15H15FO2/c1-11-4-3-5-14(15(11)16)18-10-12-6-8-13(17-2)9-7-12/h3-9H,10H2,1-2H3. The van der Waals surface area contributed by atoms with E-state index in [1.165, 1.54) is 0 Å². The Morgan fingerprint density at radius 1 is 1.06 bits per heavy atom. The van der Waals surface area contributed by atoms with E-state index in [1.54, 1.807) is 32.2 Å². The van der Waals surface area contributed by atoms with Crippen LogP contribution in [0.1, 0.15) is 11.1 Å². The van der Waals surface area contributed by atoms with E-state index >= 15 is 0 Å². The lowest BCUT2D eigenvalue weighted by Crippen LogP contribution is -1.98. The molecule has 0 aliphatic rings. The number of ether oxygens (including phenoxy) is 2. The maximum Gasteiger partial charge on any atom is 0.167 e. The van der Waals surface area contributed by atoms with Crippen molar-refractivity contribution < 1.29 is 13.9 Å². The quantitative estimate of drug-likeness (QED) is 0.818. The molecule has 2 aromatic carbocycles. The van der Waals surface area contributed by atoms with Crippen LogP contribution in [0.5, 0.6) is 11.5 Å². The summed E-state index contributed by atoms with van der Waals surface area (Å²) in [5.74, 6) is 0.775. The molecule has 0 atom stereocenters. The van der Waals surface area contributed by atoms with Gasteiger partial charge in [-0.1, -0.05) is 24.3 Å². The van der Waals surface area contributed by atoms with Gasteiger partial charge in [-0.3, -0.25) is 0 Å². The van der Waals surface area contributed by atoms with Crippen LogP contribution in [0.15, 0.2) is 42.5 Å². The fourth-order valence-electron chi connectivity index (χ4n) is 1.61. The molecule has 0 spiro atoms. The lowest BCUT2D eigenvalue weighted by Gasteiger charge is -2.09. The molecule has 0 radical (unpaired) electrons. The second kappa shape index (κ2) is 5.54. The number of methoxy groups -OCH3 is 1. The van der Waals surface area contributed by atoms with E-state index in [0.717, 1.165) is 11.3 Å². The number of hydrogen-bond acceptors (Lipinski definition) is 2. The van der Waals surface area contributed by atoms with Gasteiger partial charge < -0.3 is 9.47 Å². The van der Waals surface area contributed by atoms with Gasteiger partial charge in [0, 0.05) is 0 Å². The van der Waals surface area contributed by atoms with Crippen LogP contribution in [0.3, 0.4) is 0 Å². The van der Waals surface area contributed by atoms with Crippen molar-refractivity contribution in [2.45, 2.75) is 13.5 Å². The number of aryl methyl sites for hydroxylation is 1. The highest BCUT2D eigenvalue weighted by Gasteiger charge is 2.05. The summed E-state index contributed by atoms with van der Waals surface area (Å²) in [6, 6.07) is 12.6. The zero-order chi connectivity index (χ0) is 13.0. The highest BCUT2D eigenvalue weighted by Crippen LogP contribution is 2.21. The summed E-state index contributed by atoms with van der Waals surface area (Å²) >= 11 is 0. The van der Waals surface area contributed by atoms with Gasteiger partial charge in [0.1, 0.15) is 12.4 Å². The third kappa shape index (κ3) is 2.80. The van der Waals surface area contributed by atoms with E-state index < -0.39 is 0 Å². The first-order chi connectivity index (χ1) is 8.70. The van der Waals surface area contributed by atoms with Crippen LogP contribution in [0.2, 0.25) is 0 Å². The molecular weight excluding hydrogens is 231 g/mol. The van der Waals surface area contributed by atoms with Gasteiger partial charge in [0.25, 0.3) is 0 Å². The van der Waals surface area contributed by atoms with E-state index in [-0.39, 0.29) is 11.6 Å². The van der Waals surface area contributed by atoms with Gasteiger partial charge in [-0.05, 0) is 36.2 Å². The van der Waals surface area contributed by atoms with Crippen LogP contribution in [-0.4, -0.2) is 7.11 Å². The highest BCUT2D eigenvalue weighted by molar-refractivity contribution is 5.31. The maximum absolute atomic E-state index is 13.7. The van der Waals surface area contributed by atoms with E-state index in [2.05, 4.69) is 0 Å². The number of hydrogen-bond donors (Lipinski definition) is 0. The average Bonchev–Trinajstić information content (AvgIpc) is 2.41. The third-order valence-electron chi connectivity index (χ3n) is 2.71. The van der Waals surface area contributed by atoms with E-state index in [1.807, 2.05) is 24.3 Å². The van der Waals surface area contributed by atoms with Gasteiger partial charge in [0.05, 0.1) is 7.11 Å². The normalized spacial score (nSPS) is 10.2. The Morgan fingerprint density at radius 3 is 2.44 bits per heavy atom. The molecular formula is C15H15FO2. The second-order valence-electron chi connectivity index (χ2n) is 4.02. The number of benzene rings is 2. The molecule has 0 saturated heterocycles. The zero-order valence-corrected chi connectivity index (χ0v) is 10.4. The van der Waals surface area contributed by atoms with Crippen molar-refractivity contribution >= 4 is 0 Å². The Kier molecular flexibility index (Phi) is 3.82. The minimum atomic E-state index is -0.300. The minimum absolute atomic E-state index is 0.283. The molecule has 0 fully saturated rings. The lowest BCUT2D eigenvalue weighted by molar-refractivity contribution is 0.289. The van der Waals surface area contributed by atoms with Crippen LogP contribution < -0.4 is 9.47 Å². The summed E-state index contributed by atoms with van der Waals surface area (Å²) in [6.07, 6.45) is 0. The van der Waals surface area contributed by atoms with Crippen LogP contribution in [0.25, 0.3) is 0 Å². The topological polar surface area (TPSA) is 18.5 Å². The highest BCUT2D eigenvalue weighted by atomic mass is 19.1. The van der Waals surface area contributed by atoms with Crippen LogP contribution in [0.4, 0.5) is 4.39 Å². The Balaban J connectivity index is 2.04. The molecule has 0 saturated carbocycles. The van der Waals surface area contributed by atoms with Crippen LogP contribution in [-0.2, 0) is 6.61 Å². The van der Waals surface area contributed by atoms with E-state index in [0.29, 0.717) is 12.2 Å². The van der Waals surface area contributed by atoms with Gasteiger partial charge in [-0.25, -0.2) is 4.39 Å². The summed E-state index contributed by atoms with van der Waals surface area (Å²) in [6.45, 7) is 2.06. The first-order valence-electron chi connectivity index (χ1n) is 5.71. The Morgan fingerprint density at radius 2 is 1.78 bits per heavy atom. The smallest absolute Gasteiger partial charge is 0.167 e. The predicted molar refractivity (Wildman–Crippen MR) is 68.5 cm³/mol. The molecule has 0 amide bonds. The minimum Gasteiger partial charge on any atom is -0.497 e. The van der Waals surface area contributed by atoms with Crippen molar-refractivity contribution in [3.8, 4) is 11.5 Å². The molecule has 0 aliphatic heterocycles. The van der Waals surface area contributed by atoms with Crippen LogP contribution >= 0.6 is 0 Å². The summed E-state index contributed by atoms with van der Waals surface area (Å²) in [7, 11) is 1.62. The first-order valence-corrected chi connectivity index (χ1v) is 5.71. The molecule has 2 rings (SSSR count). The third-order valence-corrected chi connectivity index (χ3v) is 2.71. The molecule has 0 bridgehead atoms. The van der Waals surface area contributed by atoms with Crippen molar-refractivity contribution in [2.24, 2.45) is 0 Å². The largest absolute Gasteiger partial charge is 0.497 e. The fourth-order valence-corrected chi connectivity index (χ4v) is 1.61. The van der Waals surface area contributed by atoms with E-state index in [4.69, 9.17) is 9.47 Å². The van der Waals surface area contributed by atoms with Crippen molar-refractivity contribution in [1.82, 2.24) is 0 Å². The number of rotatable bonds is 4. The average molecular weight is 246 g/mol. The molecule has 0 unspecified atom stereocenters. The fraction of sp³-hybridized carbons (Fsp3) is 0.200. The molecule has 0 aliphatic carbocycles. The monoisotopic (exact) mass is 246 g/mol. The molecule has 2 nitrogen and oxygen atoms in total. The van der Waals surface area contributed by atoms with Crippen molar-refractivity contribution in [2.75, 3.05) is 7.11 Å². The second-order valence-corrected chi connectivity index (χ2v) is 4.02. The summed E-state index contributed by atoms with van der Waals surface area (Å²) in [4.78, 5) is 0. The maximum atomic E-state index is 13.7. The summed E-state index contributed by atoms with van der Waals surface area (Å²) in [5.41, 5.74) is 1.55. The predicted octanol–water partition coefficient (Wildman–Crippen LogP) is 3.72. The van der Waals surface area contributed by atoms with Gasteiger partial charge in [0.2, 0.25) is 0 Å². The Bertz CT molecular complexity index is 521. The van der Waals surface area contributed by atoms with Gasteiger partial charge in [-0.2, -0.15) is 0 Å². The molecule has 0 N–H and O–H groups in total. The van der Waals surface area contributed by atoms with E-state index in [9.17, 15) is 4.39 Å². The Hall–Kier alpha value is -2.03. The zero-order valence-electron chi connectivity index (χ0n) is 10.4. The first kappa shape index (κ1) is 12.4. The SMILES string of the molecule is COc1ccc(COc2cccc(C)c2F)cc1. The van der Waals surface area contributed by atoms with Gasteiger partial charge in [-0.15, -0.1) is 0 Å². The summed E-state index contributed by atoms with van der Waals surface area (Å²) < 4.78 is 24.2. The van der Waals surface area contributed by atoms with Crippen molar-refractivity contribution in [1.29, 1.82) is 0 Å². The molecule has 2 aromatic rings. The molecule has 18 heavy (non-hydrogen) atoms. The number of halogens is 1. The van der Waals surface area contributed by atoms with Crippen molar-refractivity contribution in [3.63, 3.8) is 0 Å². The lowest BCUT2D eigenvalue weighted by atomic mass is 10.2. The molecule has 0 aromatic heterocycles. The van der Waals surface area contributed by atoms with Gasteiger partial charge >= 0.3 is 0 Å². The summed E-state index contributed by atoms with van der Waals surface area (Å²) in [5, 5.41) is 0. The molecule has 0 heterocycles. The molecule has 3 heteroatoms.